The monoisotopic (exact) mass is 435 g/mol. The van der Waals surface area contributed by atoms with Crippen LogP contribution in [-0.4, -0.2) is 23.3 Å². The van der Waals surface area contributed by atoms with E-state index < -0.39 is 0 Å². The van der Waals surface area contributed by atoms with E-state index in [0.717, 1.165) is 15.0 Å². The molecule has 2 heterocycles. The van der Waals surface area contributed by atoms with Crippen LogP contribution in [-0.2, 0) is 16.0 Å². The Balaban J connectivity index is 1.46. The summed E-state index contributed by atoms with van der Waals surface area (Å²) >= 11 is 6.45. The molecule has 2 N–H and O–H groups in total. The van der Waals surface area contributed by atoms with Crippen molar-refractivity contribution < 1.29 is 9.59 Å². The number of hydrogen-bond acceptors (Lipinski definition) is 5. The molecule has 3 aromatic rings. The van der Waals surface area contributed by atoms with Gasteiger partial charge in [0, 0.05) is 26.5 Å². The molecule has 0 bridgehead atoms. The van der Waals surface area contributed by atoms with Crippen LogP contribution in [0.2, 0.25) is 0 Å². The second-order valence-corrected chi connectivity index (χ2v) is 7.72. The molecule has 0 radical (unpaired) electrons. The lowest BCUT2D eigenvalue weighted by Crippen LogP contribution is -2.33. The number of amides is 2. The lowest BCUT2D eigenvalue weighted by molar-refractivity contribution is -0.123. The van der Waals surface area contributed by atoms with Crippen LogP contribution in [0.3, 0.4) is 0 Å². The summed E-state index contributed by atoms with van der Waals surface area (Å²) in [6.07, 6.45) is 0.159. The fraction of sp³-hybridized carbons (Fsp3) is 0.118. The molecule has 0 fully saturated rings. The summed E-state index contributed by atoms with van der Waals surface area (Å²) in [6, 6.07) is 9.24. The van der Waals surface area contributed by atoms with Crippen LogP contribution in [0.4, 0.5) is 5.69 Å². The summed E-state index contributed by atoms with van der Waals surface area (Å²) in [7, 11) is 0. The van der Waals surface area contributed by atoms with Crippen LogP contribution >= 0.6 is 38.6 Å². The smallest absolute Gasteiger partial charge is 0.243 e. The van der Waals surface area contributed by atoms with Gasteiger partial charge in [0.15, 0.2) is 0 Å². The number of halogens is 1. The highest BCUT2D eigenvalue weighted by atomic mass is 79.9. The molecule has 3 rings (SSSR count). The molecule has 0 saturated carbocycles. The molecule has 1 aromatic carbocycles. The molecule has 0 aliphatic carbocycles. The highest BCUT2D eigenvalue weighted by molar-refractivity contribution is 9.10. The first-order valence-electron chi connectivity index (χ1n) is 7.39. The second-order valence-electron chi connectivity index (χ2n) is 5.16. The predicted octanol–water partition coefficient (Wildman–Crippen LogP) is 3.93. The minimum atomic E-state index is -0.270. The average molecular weight is 436 g/mol. The number of carbonyl (C=O) groups excluding carboxylic acids is 2. The van der Waals surface area contributed by atoms with Gasteiger partial charge < -0.3 is 10.6 Å². The third-order valence-electron chi connectivity index (χ3n) is 3.24. The molecule has 0 aliphatic rings. The minimum absolute atomic E-state index is 0.0730. The molecule has 2 aromatic heterocycles. The van der Waals surface area contributed by atoms with E-state index in [1.54, 1.807) is 23.5 Å². The first-order valence-corrected chi connectivity index (χ1v) is 10.0. The quantitative estimate of drug-likeness (QED) is 0.615. The minimum Gasteiger partial charge on any atom is -0.347 e. The Morgan fingerprint density at radius 1 is 1.08 bits per heavy atom. The predicted molar refractivity (Wildman–Crippen MR) is 105 cm³/mol. The Labute approximate surface area is 161 Å². The van der Waals surface area contributed by atoms with Crippen molar-refractivity contribution in [1.82, 2.24) is 10.3 Å². The SMILES string of the molecule is O=C(Cc1csc(-c2ccsc2)n1)NCC(=O)Nc1ccc(Br)cc1. The molecule has 5 nitrogen and oxygen atoms in total. The molecule has 25 heavy (non-hydrogen) atoms. The van der Waals surface area contributed by atoms with Crippen molar-refractivity contribution in [3.05, 3.63) is 56.6 Å². The van der Waals surface area contributed by atoms with Gasteiger partial charge >= 0.3 is 0 Å². The van der Waals surface area contributed by atoms with Gasteiger partial charge in [-0.3, -0.25) is 9.59 Å². The van der Waals surface area contributed by atoms with Gasteiger partial charge in [0.05, 0.1) is 18.7 Å². The van der Waals surface area contributed by atoms with Crippen LogP contribution in [0, 0.1) is 0 Å². The van der Waals surface area contributed by atoms with Crippen molar-refractivity contribution in [3.63, 3.8) is 0 Å². The zero-order chi connectivity index (χ0) is 17.6. The van der Waals surface area contributed by atoms with E-state index in [1.165, 1.54) is 11.3 Å². The van der Waals surface area contributed by atoms with Crippen molar-refractivity contribution in [2.24, 2.45) is 0 Å². The maximum absolute atomic E-state index is 12.0. The lowest BCUT2D eigenvalue weighted by atomic mass is 10.3. The van der Waals surface area contributed by atoms with Gasteiger partial charge in [-0.05, 0) is 35.7 Å². The maximum Gasteiger partial charge on any atom is 0.243 e. The molecule has 0 unspecified atom stereocenters. The highest BCUT2D eigenvalue weighted by Crippen LogP contribution is 2.25. The summed E-state index contributed by atoms with van der Waals surface area (Å²) < 4.78 is 0.934. The first-order chi connectivity index (χ1) is 12.1. The number of hydrogen-bond donors (Lipinski definition) is 2. The molecule has 8 heteroatoms. The summed E-state index contributed by atoms with van der Waals surface area (Å²) in [4.78, 5) is 28.3. The van der Waals surface area contributed by atoms with Crippen LogP contribution in [0.25, 0.3) is 10.6 Å². The number of thiophene rings is 1. The number of benzene rings is 1. The summed E-state index contributed by atoms with van der Waals surface area (Å²) in [5.74, 6) is -0.499. The van der Waals surface area contributed by atoms with Crippen molar-refractivity contribution >= 4 is 56.1 Å². The number of nitrogens with one attached hydrogen (secondary N) is 2. The maximum atomic E-state index is 12.0. The molecular weight excluding hydrogens is 422 g/mol. The number of thiazole rings is 1. The van der Waals surface area contributed by atoms with Gasteiger partial charge in [-0.25, -0.2) is 4.98 Å². The van der Waals surface area contributed by atoms with E-state index in [0.29, 0.717) is 11.4 Å². The number of carbonyl (C=O) groups is 2. The zero-order valence-corrected chi connectivity index (χ0v) is 16.2. The Bertz CT molecular complexity index is 860. The van der Waals surface area contributed by atoms with Crippen molar-refractivity contribution in [2.75, 3.05) is 11.9 Å². The average Bonchev–Trinajstić information content (AvgIpc) is 3.26. The van der Waals surface area contributed by atoms with Crippen LogP contribution in [0.1, 0.15) is 5.69 Å². The molecular formula is C17H14BrN3O2S2. The molecule has 0 spiro atoms. The second kappa shape index (κ2) is 8.37. The van der Waals surface area contributed by atoms with Crippen molar-refractivity contribution in [3.8, 4) is 10.6 Å². The Morgan fingerprint density at radius 2 is 1.88 bits per heavy atom. The third kappa shape index (κ3) is 5.22. The van der Waals surface area contributed by atoms with E-state index in [4.69, 9.17) is 0 Å². The number of aromatic nitrogens is 1. The Hall–Kier alpha value is -2.03. The molecule has 0 atom stereocenters. The van der Waals surface area contributed by atoms with Crippen molar-refractivity contribution in [1.29, 1.82) is 0 Å². The van der Waals surface area contributed by atoms with Gasteiger partial charge in [0.2, 0.25) is 11.8 Å². The summed E-state index contributed by atoms with van der Waals surface area (Å²) in [5.41, 5.74) is 2.45. The topological polar surface area (TPSA) is 71.1 Å². The van der Waals surface area contributed by atoms with E-state index in [-0.39, 0.29) is 24.8 Å². The number of anilines is 1. The van der Waals surface area contributed by atoms with E-state index in [1.807, 2.05) is 34.3 Å². The first kappa shape index (κ1) is 17.8. The summed E-state index contributed by atoms with van der Waals surface area (Å²) in [6.45, 7) is -0.0730. The fourth-order valence-corrected chi connectivity index (χ4v) is 3.85. The van der Waals surface area contributed by atoms with Gasteiger partial charge in [-0.2, -0.15) is 11.3 Å². The largest absolute Gasteiger partial charge is 0.347 e. The standard InChI is InChI=1S/C17H14BrN3O2S2/c18-12-1-3-13(4-2-12)20-16(23)8-19-15(22)7-14-10-25-17(21-14)11-5-6-24-9-11/h1-6,9-10H,7-8H2,(H,19,22)(H,20,23). The van der Waals surface area contributed by atoms with Gasteiger partial charge in [-0.15, -0.1) is 11.3 Å². The van der Waals surface area contributed by atoms with E-state index in [2.05, 4.69) is 31.5 Å². The van der Waals surface area contributed by atoms with Crippen molar-refractivity contribution in [2.45, 2.75) is 6.42 Å². The molecule has 0 aliphatic heterocycles. The molecule has 128 valence electrons. The molecule has 0 saturated heterocycles. The number of nitrogens with zero attached hydrogens (tertiary/aromatic N) is 1. The van der Waals surface area contributed by atoms with Crippen LogP contribution in [0.15, 0.2) is 50.9 Å². The molecule has 2 amide bonds. The lowest BCUT2D eigenvalue weighted by Gasteiger charge is -2.06. The van der Waals surface area contributed by atoms with E-state index >= 15 is 0 Å². The fourth-order valence-electron chi connectivity index (χ4n) is 2.05. The highest BCUT2D eigenvalue weighted by Gasteiger charge is 2.10. The Kier molecular flexibility index (Phi) is 5.95. The van der Waals surface area contributed by atoms with E-state index in [9.17, 15) is 9.59 Å². The summed E-state index contributed by atoms with van der Waals surface area (Å²) in [5, 5.41) is 12.1. The van der Waals surface area contributed by atoms with Gasteiger partial charge in [0.1, 0.15) is 5.01 Å². The van der Waals surface area contributed by atoms with Gasteiger partial charge in [0.25, 0.3) is 0 Å². The zero-order valence-electron chi connectivity index (χ0n) is 13.0. The van der Waals surface area contributed by atoms with Crippen LogP contribution in [0.5, 0.6) is 0 Å². The van der Waals surface area contributed by atoms with Crippen LogP contribution < -0.4 is 10.6 Å². The third-order valence-corrected chi connectivity index (χ3v) is 5.39. The normalized spacial score (nSPS) is 10.4. The van der Waals surface area contributed by atoms with Gasteiger partial charge in [-0.1, -0.05) is 15.9 Å². The number of rotatable bonds is 6. The Morgan fingerprint density at radius 3 is 2.60 bits per heavy atom.